The minimum absolute atomic E-state index is 0.0706. The smallest absolute Gasteiger partial charge is 0.256 e. The number of piperazine rings is 1. The maximum absolute atomic E-state index is 12.9. The maximum atomic E-state index is 12.9. The van der Waals surface area contributed by atoms with Crippen LogP contribution in [0.15, 0.2) is 42.7 Å². The minimum atomic E-state index is 0.0706. The van der Waals surface area contributed by atoms with E-state index < -0.39 is 0 Å². The number of nitrogens with one attached hydrogen (secondary N) is 1. The molecule has 1 fully saturated rings. The molecule has 2 aromatic rings. The molecule has 1 aliphatic rings. The molecule has 0 bridgehead atoms. The number of benzene rings is 1. The summed E-state index contributed by atoms with van der Waals surface area (Å²) in [6.07, 6.45) is 3.57. The van der Waals surface area contributed by atoms with Gasteiger partial charge in [0.15, 0.2) is 0 Å². The number of hydrogen-bond acceptors (Lipinski definition) is 3. The fourth-order valence-corrected chi connectivity index (χ4v) is 2.93. The van der Waals surface area contributed by atoms with E-state index in [1.54, 1.807) is 10.9 Å². The Bertz CT molecular complexity index is 613. The highest BCUT2D eigenvalue weighted by Crippen LogP contribution is 2.17. The van der Waals surface area contributed by atoms with E-state index in [1.807, 2.05) is 41.4 Å². The van der Waals surface area contributed by atoms with Crippen molar-refractivity contribution in [1.82, 2.24) is 20.0 Å². The lowest BCUT2D eigenvalue weighted by Gasteiger charge is -2.36. The third-order valence-electron chi connectivity index (χ3n) is 3.73. The Morgan fingerprint density at radius 2 is 1.90 bits per heavy atom. The van der Waals surface area contributed by atoms with Gasteiger partial charge in [0.05, 0.1) is 11.3 Å². The van der Waals surface area contributed by atoms with Gasteiger partial charge in [0.25, 0.3) is 5.91 Å². The third kappa shape index (κ3) is 2.83. The van der Waals surface area contributed by atoms with E-state index >= 15 is 0 Å². The lowest BCUT2D eigenvalue weighted by atomic mass is 10.1. The van der Waals surface area contributed by atoms with Crippen LogP contribution in [0.4, 0.5) is 0 Å². The molecule has 1 aliphatic heterocycles. The zero-order valence-corrected chi connectivity index (χ0v) is 12.4. The van der Waals surface area contributed by atoms with Crippen LogP contribution in [0.3, 0.4) is 0 Å². The van der Waals surface area contributed by atoms with Gasteiger partial charge in [0.2, 0.25) is 0 Å². The Morgan fingerprint density at radius 3 is 2.57 bits per heavy atom. The van der Waals surface area contributed by atoms with Crippen molar-refractivity contribution in [1.29, 1.82) is 0 Å². The average Bonchev–Trinajstić information content (AvgIpc) is 2.99. The highest BCUT2D eigenvalue weighted by molar-refractivity contribution is 5.97. The van der Waals surface area contributed by atoms with Gasteiger partial charge >= 0.3 is 0 Å². The Hall–Kier alpha value is -2.14. The van der Waals surface area contributed by atoms with Crippen molar-refractivity contribution in [3.8, 4) is 5.69 Å². The molecule has 2 atom stereocenters. The summed E-state index contributed by atoms with van der Waals surface area (Å²) in [5, 5.41) is 7.68. The monoisotopic (exact) mass is 284 g/mol. The van der Waals surface area contributed by atoms with Gasteiger partial charge in [-0.05, 0) is 32.0 Å². The topological polar surface area (TPSA) is 50.2 Å². The van der Waals surface area contributed by atoms with Crippen molar-refractivity contribution >= 4 is 5.91 Å². The summed E-state index contributed by atoms with van der Waals surface area (Å²) in [4.78, 5) is 14.8. The second kappa shape index (κ2) is 5.69. The summed E-state index contributed by atoms with van der Waals surface area (Å²) in [5.74, 6) is 0.0706. The minimum Gasteiger partial charge on any atom is -0.335 e. The third-order valence-corrected chi connectivity index (χ3v) is 3.73. The molecule has 0 radical (unpaired) electrons. The molecule has 3 rings (SSSR count). The second-order valence-corrected chi connectivity index (χ2v) is 5.65. The van der Waals surface area contributed by atoms with Crippen LogP contribution >= 0.6 is 0 Å². The van der Waals surface area contributed by atoms with E-state index in [9.17, 15) is 4.79 Å². The number of para-hydroxylation sites is 1. The van der Waals surface area contributed by atoms with Crippen LogP contribution in [0, 0.1) is 0 Å². The van der Waals surface area contributed by atoms with E-state index in [0.717, 1.165) is 18.8 Å². The van der Waals surface area contributed by atoms with Crippen LogP contribution < -0.4 is 5.32 Å². The molecule has 1 aromatic carbocycles. The molecule has 5 heteroatoms. The predicted molar refractivity (Wildman–Crippen MR) is 81.5 cm³/mol. The summed E-state index contributed by atoms with van der Waals surface area (Å²) in [7, 11) is 0. The average molecular weight is 284 g/mol. The fourth-order valence-electron chi connectivity index (χ4n) is 2.93. The largest absolute Gasteiger partial charge is 0.335 e. The summed E-state index contributed by atoms with van der Waals surface area (Å²) in [5.41, 5.74) is 1.52. The van der Waals surface area contributed by atoms with Crippen LogP contribution in [0.1, 0.15) is 24.2 Å². The van der Waals surface area contributed by atoms with E-state index in [-0.39, 0.29) is 5.91 Å². The first-order valence-electron chi connectivity index (χ1n) is 7.29. The van der Waals surface area contributed by atoms with Crippen molar-refractivity contribution in [2.45, 2.75) is 25.9 Å². The highest BCUT2D eigenvalue weighted by Gasteiger charge is 2.27. The molecule has 21 heavy (non-hydrogen) atoms. The molecule has 0 unspecified atom stereocenters. The lowest BCUT2D eigenvalue weighted by Crippen LogP contribution is -2.55. The molecule has 0 spiro atoms. The predicted octanol–water partition coefficient (Wildman–Crippen LogP) is 1.69. The quantitative estimate of drug-likeness (QED) is 0.913. The summed E-state index contributed by atoms with van der Waals surface area (Å²) in [6, 6.07) is 10.1. The van der Waals surface area contributed by atoms with Gasteiger partial charge in [0, 0.05) is 37.6 Å². The zero-order chi connectivity index (χ0) is 14.8. The van der Waals surface area contributed by atoms with E-state index in [0.29, 0.717) is 17.6 Å². The molecule has 0 aliphatic carbocycles. The van der Waals surface area contributed by atoms with E-state index in [4.69, 9.17) is 0 Å². The first-order chi connectivity index (χ1) is 10.1. The van der Waals surface area contributed by atoms with Crippen LogP contribution in [0.5, 0.6) is 0 Å². The molecular formula is C16H20N4O. The van der Waals surface area contributed by atoms with Gasteiger partial charge in [-0.1, -0.05) is 12.1 Å². The van der Waals surface area contributed by atoms with Gasteiger partial charge in [-0.25, -0.2) is 4.68 Å². The van der Waals surface area contributed by atoms with Crippen LogP contribution in [0.25, 0.3) is 5.69 Å². The van der Waals surface area contributed by atoms with Crippen molar-refractivity contribution in [3.05, 3.63) is 48.3 Å². The fraction of sp³-hybridized carbons (Fsp3) is 0.375. The molecule has 110 valence electrons. The number of carbonyl (C=O) groups is 1. The molecule has 1 aromatic heterocycles. The first-order valence-corrected chi connectivity index (χ1v) is 7.29. The van der Waals surface area contributed by atoms with Crippen LogP contribution in [0.2, 0.25) is 0 Å². The Labute approximate surface area is 124 Å². The van der Waals surface area contributed by atoms with Gasteiger partial charge in [-0.3, -0.25) is 4.79 Å². The Morgan fingerprint density at radius 1 is 1.19 bits per heavy atom. The molecule has 2 heterocycles. The number of amides is 1. The number of nitrogens with zero attached hydrogens (tertiary/aromatic N) is 3. The molecule has 0 saturated carbocycles. The number of rotatable bonds is 2. The van der Waals surface area contributed by atoms with E-state index in [2.05, 4.69) is 24.3 Å². The van der Waals surface area contributed by atoms with E-state index in [1.165, 1.54) is 0 Å². The second-order valence-electron chi connectivity index (χ2n) is 5.65. The summed E-state index contributed by atoms with van der Waals surface area (Å²) in [6.45, 7) is 5.68. The van der Waals surface area contributed by atoms with Gasteiger partial charge < -0.3 is 10.2 Å². The van der Waals surface area contributed by atoms with Crippen LogP contribution in [-0.4, -0.2) is 45.8 Å². The first kappa shape index (κ1) is 13.8. The zero-order valence-electron chi connectivity index (χ0n) is 12.4. The van der Waals surface area contributed by atoms with Gasteiger partial charge in [-0.15, -0.1) is 0 Å². The molecular weight excluding hydrogens is 264 g/mol. The molecule has 5 nitrogen and oxygen atoms in total. The molecule has 1 amide bonds. The molecule has 1 N–H and O–H groups in total. The highest BCUT2D eigenvalue weighted by atomic mass is 16.2. The summed E-state index contributed by atoms with van der Waals surface area (Å²) >= 11 is 0. The maximum Gasteiger partial charge on any atom is 0.256 e. The van der Waals surface area contributed by atoms with Gasteiger partial charge in [-0.2, -0.15) is 5.10 Å². The van der Waals surface area contributed by atoms with Crippen molar-refractivity contribution in [2.75, 3.05) is 13.1 Å². The Balaban J connectivity index is 1.92. The van der Waals surface area contributed by atoms with Crippen molar-refractivity contribution < 1.29 is 4.79 Å². The number of aromatic nitrogens is 2. The van der Waals surface area contributed by atoms with Crippen molar-refractivity contribution in [3.63, 3.8) is 0 Å². The molecule has 1 saturated heterocycles. The standard InChI is InChI=1S/C16H20N4O/c1-12-10-19(11-13(2)18-12)16(21)14-6-3-4-7-15(14)20-9-5-8-17-20/h3-9,12-13,18H,10-11H2,1-2H3/t12-,13-/m1/s1. The van der Waals surface area contributed by atoms with Crippen LogP contribution in [-0.2, 0) is 0 Å². The van der Waals surface area contributed by atoms with Crippen molar-refractivity contribution in [2.24, 2.45) is 0 Å². The normalized spacial score (nSPS) is 22.3. The SMILES string of the molecule is C[C@@H]1CN(C(=O)c2ccccc2-n2cccn2)C[C@@H](C)N1. The Kier molecular flexibility index (Phi) is 3.75. The number of hydrogen-bond donors (Lipinski definition) is 1. The van der Waals surface area contributed by atoms with Gasteiger partial charge in [0.1, 0.15) is 0 Å². The summed E-state index contributed by atoms with van der Waals surface area (Å²) < 4.78 is 1.74. The lowest BCUT2D eigenvalue weighted by molar-refractivity contribution is 0.0673. The number of carbonyl (C=O) groups excluding carboxylic acids is 1.